The molecule has 5 heteroatoms. The molecule has 2 N–H and O–H groups in total. The molecule has 1 fully saturated rings. The minimum absolute atomic E-state index is 0.0457. The molecular formula is C15H26ClN3O. The predicted molar refractivity (Wildman–Crippen MR) is 82.0 cm³/mol. The minimum Gasteiger partial charge on any atom is -0.377 e. The zero-order valence-electron chi connectivity index (χ0n) is 12.9. The molecule has 2 rings (SSSR count). The van der Waals surface area contributed by atoms with Crippen LogP contribution in [0.4, 0.5) is 0 Å². The third kappa shape index (κ3) is 2.87. The van der Waals surface area contributed by atoms with E-state index in [0.717, 1.165) is 30.5 Å². The lowest BCUT2D eigenvalue weighted by Crippen LogP contribution is -2.53. The Morgan fingerprint density at radius 1 is 1.60 bits per heavy atom. The smallest absolute Gasteiger partial charge is 0.130 e. The van der Waals surface area contributed by atoms with Crippen molar-refractivity contribution >= 4 is 11.6 Å². The Kier molecular flexibility index (Phi) is 4.77. The highest BCUT2D eigenvalue weighted by Crippen LogP contribution is 2.38. The van der Waals surface area contributed by atoms with Crippen molar-refractivity contribution in [3.05, 3.63) is 16.4 Å². The minimum atomic E-state index is -0.219. The molecule has 1 aromatic rings. The molecule has 0 amide bonds. The van der Waals surface area contributed by atoms with E-state index in [1.54, 1.807) is 11.8 Å². The van der Waals surface area contributed by atoms with Crippen molar-refractivity contribution in [3.8, 4) is 0 Å². The van der Waals surface area contributed by atoms with Crippen LogP contribution in [0.1, 0.15) is 43.9 Å². The van der Waals surface area contributed by atoms with Gasteiger partial charge in [-0.05, 0) is 32.1 Å². The van der Waals surface area contributed by atoms with Crippen LogP contribution >= 0.6 is 11.6 Å². The Morgan fingerprint density at radius 2 is 2.30 bits per heavy atom. The Labute approximate surface area is 126 Å². The Balaban J connectivity index is 2.19. The molecule has 0 aliphatic heterocycles. The highest BCUT2D eigenvalue weighted by atomic mass is 35.5. The first-order chi connectivity index (χ1) is 9.39. The van der Waals surface area contributed by atoms with Crippen LogP contribution in [0.2, 0.25) is 5.15 Å². The second kappa shape index (κ2) is 6.04. The lowest BCUT2D eigenvalue weighted by molar-refractivity contribution is -0.0705. The lowest BCUT2D eigenvalue weighted by atomic mass is 9.73. The predicted octanol–water partition coefficient (Wildman–Crippen LogP) is 2.85. The van der Waals surface area contributed by atoms with Crippen LogP contribution in [-0.4, -0.2) is 28.5 Å². The Bertz CT molecular complexity index is 474. The van der Waals surface area contributed by atoms with Gasteiger partial charge in [0.2, 0.25) is 0 Å². The number of nitrogens with two attached hydrogens (primary N) is 1. The van der Waals surface area contributed by atoms with Gasteiger partial charge >= 0.3 is 0 Å². The highest BCUT2D eigenvalue weighted by Gasteiger charge is 2.40. The maximum atomic E-state index is 6.51. The molecule has 4 nitrogen and oxygen atoms in total. The fourth-order valence-corrected chi connectivity index (χ4v) is 3.78. The first kappa shape index (κ1) is 15.8. The molecule has 0 bridgehead atoms. The van der Waals surface area contributed by atoms with Crippen molar-refractivity contribution in [1.29, 1.82) is 0 Å². The van der Waals surface area contributed by atoms with Crippen LogP contribution in [0.25, 0.3) is 0 Å². The molecule has 20 heavy (non-hydrogen) atoms. The molecule has 114 valence electrons. The van der Waals surface area contributed by atoms with E-state index in [0.29, 0.717) is 11.1 Å². The van der Waals surface area contributed by atoms with Gasteiger partial charge in [0.05, 0.1) is 11.3 Å². The first-order valence-electron chi connectivity index (χ1n) is 7.38. The number of halogens is 1. The summed E-state index contributed by atoms with van der Waals surface area (Å²) in [4.78, 5) is 0. The normalized spacial score (nSPS) is 28.6. The molecular weight excluding hydrogens is 274 g/mol. The van der Waals surface area contributed by atoms with Crippen molar-refractivity contribution in [3.63, 3.8) is 0 Å². The number of nitrogens with zero attached hydrogens (tertiary/aromatic N) is 2. The van der Waals surface area contributed by atoms with E-state index in [9.17, 15) is 0 Å². The van der Waals surface area contributed by atoms with Crippen LogP contribution in [0.3, 0.4) is 0 Å². The third-order valence-corrected chi connectivity index (χ3v) is 5.24. The van der Waals surface area contributed by atoms with Gasteiger partial charge in [0.25, 0.3) is 0 Å². The van der Waals surface area contributed by atoms with E-state index in [1.165, 1.54) is 12.8 Å². The SMILES string of the molecule is COC1(C(N)Cc2c(C)nn(C)c2Cl)CCCC(C)C1. The largest absolute Gasteiger partial charge is 0.377 e. The standard InChI is InChI=1S/C15H26ClN3O/c1-10-6-5-7-15(9-10,20-4)13(17)8-12-11(2)18-19(3)14(12)16/h10,13H,5-9,17H2,1-4H3. The maximum Gasteiger partial charge on any atom is 0.130 e. The van der Waals surface area contributed by atoms with Crippen LogP contribution in [0.5, 0.6) is 0 Å². The number of aromatic nitrogens is 2. The fraction of sp³-hybridized carbons (Fsp3) is 0.800. The number of ether oxygens (including phenoxy) is 1. The number of aryl methyl sites for hydroxylation is 2. The molecule has 1 aliphatic carbocycles. The number of hydrogen-bond acceptors (Lipinski definition) is 3. The second-order valence-corrected chi connectivity index (χ2v) is 6.62. The van der Waals surface area contributed by atoms with Crippen LogP contribution in [-0.2, 0) is 18.2 Å². The van der Waals surface area contributed by atoms with Crippen LogP contribution in [0.15, 0.2) is 0 Å². The quantitative estimate of drug-likeness (QED) is 0.930. The van der Waals surface area contributed by atoms with Crippen molar-refractivity contribution in [2.45, 2.75) is 57.6 Å². The van der Waals surface area contributed by atoms with E-state index in [2.05, 4.69) is 12.0 Å². The van der Waals surface area contributed by atoms with Gasteiger partial charge in [-0.15, -0.1) is 0 Å². The molecule has 0 saturated heterocycles. The van der Waals surface area contributed by atoms with Gasteiger partial charge in [0, 0.05) is 25.8 Å². The summed E-state index contributed by atoms with van der Waals surface area (Å²) >= 11 is 6.32. The monoisotopic (exact) mass is 299 g/mol. The van der Waals surface area contributed by atoms with Crippen LogP contribution < -0.4 is 5.73 Å². The fourth-order valence-electron chi connectivity index (χ4n) is 3.53. The molecule has 0 radical (unpaired) electrons. The number of methoxy groups -OCH3 is 1. The average molecular weight is 300 g/mol. The first-order valence-corrected chi connectivity index (χ1v) is 7.76. The van der Waals surface area contributed by atoms with Gasteiger partial charge in [-0.1, -0.05) is 31.4 Å². The molecule has 3 atom stereocenters. The summed E-state index contributed by atoms with van der Waals surface area (Å²) in [6.07, 6.45) is 5.24. The zero-order chi connectivity index (χ0) is 14.9. The van der Waals surface area contributed by atoms with E-state index >= 15 is 0 Å². The zero-order valence-corrected chi connectivity index (χ0v) is 13.7. The average Bonchev–Trinajstić information content (AvgIpc) is 2.65. The molecule has 0 spiro atoms. The highest BCUT2D eigenvalue weighted by molar-refractivity contribution is 6.30. The van der Waals surface area contributed by atoms with Gasteiger partial charge in [-0.3, -0.25) is 4.68 Å². The number of rotatable bonds is 4. The van der Waals surface area contributed by atoms with E-state index in [-0.39, 0.29) is 11.6 Å². The van der Waals surface area contributed by atoms with Crippen LogP contribution in [0, 0.1) is 12.8 Å². The van der Waals surface area contributed by atoms with Crippen molar-refractivity contribution in [2.24, 2.45) is 18.7 Å². The molecule has 1 heterocycles. The summed E-state index contributed by atoms with van der Waals surface area (Å²) in [6.45, 7) is 4.26. The summed E-state index contributed by atoms with van der Waals surface area (Å²) in [5.41, 5.74) is 8.31. The number of hydrogen-bond donors (Lipinski definition) is 1. The molecule has 3 unspecified atom stereocenters. The maximum absolute atomic E-state index is 6.51. The van der Waals surface area contributed by atoms with Gasteiger partial charge in [-0.25, -0.2) is 0 Å². The topological polar surface area (TPSA) is 53.1 Å². The summed E-state index contributed by atoms with van der Waals surface area (Å²) in [6, 6.07) is -0.0457. The summed E-state index contributed by atoms with van der Waals surface area (Å²) in [5.74, 6) is 0.667. The third-order valence-electron chi connectivity index (χ3n) is 4.77. The summed E-state index contributed by atoms with van der Waals surface area (Å²) in [5, 5.41) is 5.05. The van der Waals surface area contributed by atoms with Crippen molar-refractivity contribution in [2.75, 3.05) is 7.11 Å². The summed E-state index contributed by atoms with van der Waals surface area (Å²) < 4.78 is 7.58. The van der Waals surface area contributed by atoms with Gasteiger partial charge in [0.1, 0.15) is 5.15 Å². The second-order valence-electron chi connectivity index (χ2n) is 6.26. The van der Waals surface area contributed by atoms with Crippen molar-refractivity contribution < 1.29 is 4.74 Å². The van der Waals surface area contributed by atoms with Gasteiger partial charge in [-0.2, -0.15) is 5.10 Å². The van der Waals surface area contributed by atoms with Crippen molar-refractivity contribution in [1.82, 2.24) is 9.78 Å². The van der Waals surface area contributed by atoms with E-state index in [1.807, 2.05) is 14.0 Å². The van der Waals surface area contributed by atoms with E-state index in [4.69, 9.17) is 22.1 Å². The lowest BCUT2D eigenvalue weighted by Gasteiger charge is -2.43. The Morgan fingerprint density at radius 3 is 2.80 bits per heavy atom. The van der Waals surface area contributed by atoms with Gasteiger partial charge < -0.3 is 10.5 Å². The van der Waals surface area contributed by atoms with Gasteiger partial charge in [0.15, 0.2) is 0 Å². The summed E-state index contributed by atoms with van der Waals surface area (Å²) in [7, 11) is 3.65. The Hall–Kier alpha value is -0.580. The molecule has 1 aliphatic rings. The molecule has 1 aromatic heterocycles. The molecule has 0 aromatic carbocycles. The molecule has 1 saturated carbocycles. The van der Waals surface area contributed by atoms with E-state index < -0.39 is 0 Å².